The molecule has 0 heterocycles. The second-order valence-electron chi connectivity index (χ2n) is 4.41. The molecule has 1 saturated carbocycles. The first kappa shape index (κ1) is 12.5. The van der Waals surface area contributed by atoms with Crippen LogP contribution in [0.2, 0.25) is 0 Å². The summed E-state index contributed by atoms with van der Waals surface area (Å²) in [4.78, 5) is 13.7. The fourth-order valence-corrected chi connectivity index (χ4v) is 2.21. The molecule has 0 aromatic carbocycles. The molecule has 0 radical (unpaired) electrons. The summed E-state index contributed by atoms with van der Waals surface area (Å²) in [5.74, 6) is 0.236. The summed E-state index contributed by atoms with van der Waals surface area (Å²) in [6.45, 7) is 8.40. The maximum atomic E-state index is 11.8. The van der Waals surface area contributed by atoms with E-state index in [0.717, 1.165) is 19.5 Å². The van der Waals surface area contributed by atoms with E-state index in [0.29, 0.717) is 6.54 Å². The van der Waals surface area contributed by atoms with Crippen molar-refractivity contribution in [3.8, 4) is 0 Å². The van der Waals surface area contributed by atoms with Gasteiger partial charge in [0.2, 0.25) is 5.91 Å². The van der Waals surface area contributed by atoms with Crippen molar-refractivity contribution in [1.29, 1.82) is 0 Å². The fourth-order valence-electron chi connectivity index (χ4n) is 2.21. The maximum absolute atomic E-state index is 11.8. The maximum Gasteiger partial charge on any atom is 0.236 e. The summed E-state index contributed by atoms with van der Waals surface area (Å²) in [5.41, 5.74) is 0.281. The normalized spacial score (nSPS) is 18.3. The molecule has 0 aromatic rings. The molecular weight excluding hydrogens is 188 g/mol. The molecule has 0 unspecified atom stereocenters. The van der Waals surface area contributed by atoms with Gasteiger partial charge in [-0.25, -0.2) is 0 Å². The number of amides is 1. The van der Waals surface area contributed by atoms with Gasteiger partial charge in [0, 0.05) is 18.6 Å². The summed E-state index contributed by atoms with van der Waals surface area (Å²) < 4.78 is 0. The van der Waals surface area contributed by atoms with E-state index in [4.69, 9.17) is 0 Å². The minimum atomic E-state index is 0.236. The molecule has 15 heavy (non-hydrogen) atoms. The van der Waals surface area contributed by atoms with Gasteiger partial charge >= 0.3 is 0 Å². The summed E-state index contributed by atoms with van der Waals surface area (Å²) >= 11 is 0. The number of carbonyl (C=O) groups is 1. The molecule has 0 aliphatic heterocycles. The highest BCUT2D eigenvalue weighted by Crippen LogP contribution is 2.34. The SMILES string of the molecule is CCN(CC)C(=O)CNC1(CC)CCC1. The lowest BCUT2D eigenvalue weighted by atomic mass is 9.75. The van der Waals surface area contributed by atoms with E-state index in [1.165, 1.54) is 19.3 Å². The number of hydrogen-bond donors (Lipinski definition) is 1. The van der Waals surface area contributed by atoms with Gasteiger partial charge in [-0.1, -0.05) is 6.92 Å². The minimum Gasteiger partial charge on any atom is -0.342 e. The van der Waals surface area contributed by atoms with Gasteiger partial charge in [-0.15, -0.1) is 0 Å². The van der Waals surface area contributed by atoms with Gasteiger partial charge in [0.15, 0.2) is 0 Å². The Balaban J connectivity index is 2.32. The molecule has 0 bridgehead atoms. The van der Waals surface area contributed by atoms with Crippen LogP contribution in [-0.4, -0.2) is 36.0 Å². The first-order chi connectivity index (χ1) is 7.17. The van der Waals surface area contributed by atoms with Crippen molar-refractivity contribution in [3.63, 3.8) is 0 Å². The zero-order chi connectivity index (χ0) is 11.3. The van der Waals surface area contributed by atoms with Crippen LogP contribution in [0.15, 0.2) is 0 Å². The summed E-state index contributed by atoms with van der Waals surface area (Å²) in [6.07, 6.45) is 4.91. The Labute approximate surface area is 93.2 Å². The van der Waals surface area contributed by atoms with Crippen molar-refractivity contribution < 1.29 is 4.79 Å². The highest BCUT2D eigenvalue weighted by molar-refractivity contribution is 5.78. The van der Waals surface area contributed by atoms with E-state index in [2.05, 4.69) is 12.2 Å². The molecule has 1 amide bonds. The molecule has 1 rings (SSSR count). The van der Waals surface area contributed by atoms with Crippen LogP contribution in [0.5, 0.6) is 0 Å². The zero-order valence-corrected chi connectivity index (χ0v) is 10.3. The molecule has 0 spiro atoms. The van der Waals surface area contributed by atoms with E-state index in [1.807, 2.05) is 18.7 Å². The van der Waals surface area contributed by atoms with Gasteiger partial charge in [-0.2, -0.15) is 0 Å². The summed E-state index contributed by atoms with van der Waals surface area (Å²) in [6, 6.07) is 0. The highest BCUT2D eigenvalue weighted by atomic mass is 16.2. The standard InChI is InChI=1S/C12H24N2O/c1-4-12(8-7-9-12)13-10-11(15)14(5-2)6-3/h13H,4-10H2,1-3H3. The van der Waals surface area contributed by atoms with Crippen LogP contribution in [-0.2, 0) is 4.79 Å². The Bertz CT molecular complexity index is 202. The molecule has 1 aliphatic rings. The van der Waals surface area contributed by atoms with Crippen molar-refractivity contribution in [2.75, 3.05) is 19.6 Å². The molecule has 0 saturated heterocycles. The molecular formula is C12H24N2O. The molecule has 3 nitrogen and oxygen atoms in total. The predicted molar refractivity (Wildman–Crippen MR) is 62.8 cm³/mol. The second-order valence-corrected chi connectivity index (χ2v) is 4.41. The van der Waals surface area contributed by atoms with E-state index in [9.17, 15) is 4.79 Å². The molecule has 1 aliphatic carbocycles. The van der Waals surface area contributed by atoms with Crippen LogP contribution >= 0.6 is 0 Å². The lowest BCUT2D eigenvalue weighted by Crippen LogP contribution is -2.53. The molecule has 0 atom stereocenters. The molecule has 1 fully saturated rings. The topological polar surface area (TPSA) is 32.3 Å². The van der Waals surface area contributed by atoms with Gasteiger partial charge in [0.25, 0.3) is 0 Å². The second kappa shape index (κ2) is 5.50. The van der Waals surface area contributed by atoms with Crippen molar-refractivity contribution in [2.24, 2.45) is 0 Å². The van der Waals surface area contributed by atoms with E-state index in [-0.39, 0.29) is 11.4 Å². The number of nitrogens with one attached hydrogen (secondary N) is 1. The van der Waals surface area contributed by atoms with Crippen LogP contribution in [0, 0.1) is 0 Å². The van der Waals surface area contributed by atoms with Gasteiger partial charge in [0.1, 0.15) is 0 Å². The molecule has 1 N–H and O–H groups in total. The third-order valence-electron chi connectivity index (χ3n) is 3.72. The highest BCUT2D eigenvalue weighted by Gasteiger charge is 2.34. The molecule has 3 heteroatoms. The number of carbonyl (C=O) groups excluding carboxylic acids is 1. The molecule has 88 valence electrons. The van der Waals surface area contributed by atoms with E-state index < -0.39 is 0 Å². The predicted octanol–water partition coefficient (Wildman–Crippen LogP) is 1.78. The van der Waals surface area contributed by atoms with Crippen molar-refractivity contribution >= 4 is 5.91 Å². The van der Waals surface area contributed by atoms with Crippen molar-refractivity contribution in [1.82, 2.24) is 10.2 Å². The van der Waals surface area contributed by atoms with Crippen LogP contribution in [0.1, 0.15) is 46.5 Å². The number of likely N-dealkylation sites (N-methyl/N-ethyl adjacent to an activating group) is 1. The Morgan fingerprint density at radius 2 is 1.87 bits per heavy atom. The van der Waals surface area contributed by atoms with Gasteiger partial charge in [0.05, 0.1) is 6.54 Å². The average molecular weight is 212 g/mol. The Hall–Kier alpha value is -0.570. The Morgan fingerprint density at radius 3 is 2.20 bits per heavy atom. The summed E-state index contributed by atoms with van der Waals surface area (Å²) in [5, 5.41) is 3.44. The first-order valence-electron chi connectivity index (χ1n) is 6.20. The van der Waals surface area contributed by atoms with Crippen LogP contribution in [0.3, 0.4) is 0 Å². The van der Waals surface area contributed by atoms with Crippen LogP contribution < -0.4 is 5.32 Å². The smallest absolute Gasteiger partial charge is 0.236 e. The monoisotopic (exact) mass is 212 g/mol. The number of hydrogen-bond acceptors (Lipinski definition) is 2. The van der Waals surface area contributed by atoms with Crippen molar-refractivity contribution in [3.05, 3.63) is 0 Å². The van der Waals surface area contributed by atoms with Crippen molar-refractivity contribution in [2.45, 2.75) is 52.0 Å². The van der Waals surface area contributed by atoms with E-state index >= 15 is 0 Å². The Kier molecular flexibility index (Phi) is 4.58. The average Bonchev–Trinajstić information content (AvgIpc) is 2.19. The first-order valence-corrected chi connectivity index (χ1v) is 6.20. The zero-order valence-electron chi connectivity index (χ0n) is 10.3. The van der Waals surface area contributed by atoms with Crippen LogP contribution in [0.4, 0.5) is 0 Å². The largest absolute Gasteiger partial charge is 0.342 e. The van der Waals surface area contributed by atoms with Gasteiger partial charge in [-0.05, 0) is 39.5 Å². The fraction of sp³-hybridized carbons (Fsp3) is 0.917. The number of nitrogens with zero attached hydrogens (tertiary/aromatic N) is 1. The Morgan fingerprint density at radius 1 is 1.27 bits per heavy atom. The quantitative estimate of drug-likeness (QED) is 0.728. The lowest BCUT2D eigenvalue weighted by molar-refractivity contribution is -0.130. The van der Waals surface area contributed by atoms with Gasteiger partial charge < -0.3 is 10.2 Å². The van der Waals surface area contributed by atoms with Gasteiger partial charge in [-0.3, -0.25) is 4.79 Å². The minimum absolute atomic E-state index is 0.236. The van der Waals surface area contributed by atoms with E-state index in [1.54, 1.807) is 0 Å². The lowest BCUT2D eigenvalue weighted by Gasteiger charge is -2.42. The van der Waals surface area contributed by atoms with Crippen LogP contribution in [0.25, 0.3) is 0 Å². The number of rotatable bonds is 6. The third-order valence-corrected chi connectivity index (χ3v) is 3.72. The summed E-state index contributed by atoms with van der Waals surface area (Å²) in [7, 11) is 0. The third kappa shape index (κ3) is 2.94. The molecule has 0 aromatic heterocycles.